The molecule has 3 N–H and O–H groups in total. The van der Waals surface area contributed by atoms with Crippen LogP contribution in [0.15, 0.2) is 59.7 Å². The summed E-state index contributed by atoms with van der Waals surface area (Å²) < 4.78 is 15.4. The summed E-state index contributed by atoms with van der Waals surface area (Å²) in [5.74, 6) is 2.17. The minimum Gasteiger partial charge on any atom is -0.361 e. The van der Waals surface area contributed by atoms with Crippen molar-refractivity contribution in [3.63, 3.8) is 0 Å². The van der Waals surface area contributed by atoms with Gasteiger partial charge in [0.15, 0.2) is 11.8 Å². The number of aryl methyl sites for hydroxylation is 1. The second kappa shape index (κ2) is 9.42. The molecule has 0 fully saturated rings. The number of H-pyrrole nitrogens is 1. The Morgan fingerprint density at radius 3 is 2.74 bits per heavy atom. The fourth-order valence-electron chi connectivity index (χ4n) is 3.38. The van der Waals surface area contributed by atoms with Gasteiger partial charge in [-0.3, -0.25) is 0 Å². The lowest BCUT2D eigenvalue weighted by Gasteiger charge is -2.12. The van der Waals surface area contributed by atoms with Gasteiger partial charge in [0.2, 0.25) is 0 Å². The van der Waals surface area contributed by atoms with Gasteiger partial charge in [0.1, 0.15) is 11.6 Å². The summed E-state index contributed by atoms with van der Waals surface area (Å²) >= 11 is 0. The first kappa shape index (κ1) is 20.6. The first-order chi connectivity index (χ1) is 15.1. The summed E-state index contributed by atoms with van der Waals surface area (Å²) in [4.78, 5) is 7.86. The second-order valence-corrected chi connectivity index (χ2v) is 7.41. The number of guanidine groups is 1. The predicted molar refractivity (Wildman–Crippen MR) is 120 cm³/mol. The van der Waals surface area contributed by atoms with Crippen molar-refractivity contribution in [1.29, 1.82) is 0 Å². The highest BCUT2D eigenvalue weighted by molar-refractivity contribution is 5.83. The maximum absolute atomic E-state index is 13.4. The van der Waals surface area contributed by atoms with E-state index in [-0.39, 0.29) is 5.82 Å². The van der Waals surface area contributed by atoms with Crippen molar-refractivity contribution >= 4 is 16.9 Å². The molecule has 2 aromatic heterocycles. The fourth-order valence-corrected chi connectivity index (χ4v) is 3.38. The Kier molecular flexibility index (Phi) is 6.26. The quantitative estimate of drug-likeness (QED) is 0.317. The number of halogens is 1. The topological polar surface area (TPSA) is 82.9 Å². The van der Waals surface area contributed by atoms with Crippen molar-refractivity contribution in [1.82, 2.24) is 30.4 Å². The number of aromatic amines is 1. The lowest BCUT2D eigenvalue weighted by molar-refractivity contribution is 0.629. The Bertz CT molecular complexity index is 1180. The van der Waals surface area contributed by atoms with E-state index in [9.17, 15) is 4.39 Å². The van der Waals surface area contributed by atoms with Crippen LogP contribution in [0.5, 0.6) is 0 Å². The van der Waals surface area contributed by atoms with E-state index in [0.717, 1.165) is 40.1 Å². The first-order valence-electron chi connectivity index (χ1n) is 10.3. The van der Waals surface area contributed by atoms with Crippen LogP contribution in [-0.2, 0) is 26.6 Å². The normalized spacial score (nSPS) is 11.8. The van der Waals surface area contributed by atoms with Gasteiger partial charge in [0, 0.05) is 30.7 Å². The van der Waals surface area contributed by atoms with E-state index in [1.54, 1.807) is 0 Å². The first-order valence-corrected chi connectivity index (χ1v) is 10.3. The van der Waals surface area contributed by atoms with E-state index in [2.05, 4.69) is 37.9 Å². The largest absolute Gasteiger partial charge is 0.361 e. The number of nitrogens with zero attached hydrogens (tertiary/aromatic N) is 4. The molecule has 0 bridgehead atoms. The van der Waals surface area contributed by atoms with Crippen molar-refractivity contribution in [2.75, 3.05) is 6.54 Å². The Hall–Kier alpha value is -3.68. The highest BCUT2D eigenvalue weighted by Gasteiger charge is 2.08. The van der Waals surface area contributed by atoms with Gasteiger partial charge >= 0.3 is 0 Å². The molecule has 0 unspecified atom stereocenters. The van der Waals surface area contributed by atoms with Crippen LogP contribution in [-0.4, -0.2) is 32.3 Å². The van der Waals surface area contributed by atoms with E-state index in [0.29, 0.717) is 25.6 Å². The summed E-state index contributed by atoms with van der Waals surface area (Å²) in [7, 11) is 1.94. The minimum absolute atomic E-state index is 0.238. The fraction of sp³-hybridized carbons (Fsp3) is 0.261. The van der Waals surface area contributed by atoms with E-state index in [1.807, 2.05) is 49.0 Å². The number of aliphatic imine (C=N–C) groups is 1. The average molecular weight is 420 g/mol. The summed E-state index contributed by atoms with van der Waals surface area (Å²) in [6.07, 6.45) is 2.71. The molecule has 0 aliphatic rings. The van der Waals surface area contributed by atoms with Gasteiger partial charge in [0.25, 0.3) is 0 Å². The van der Waals surface area contributed by atoms with Gasteiger partial charge in [-0.15, -0.1) is 10.2 Å². The molecule has 0 aliphatic carbocycles. The number of aromatic nitrogens is 4. The van der Waals surface area contributed by atoms with Crippen molar-refractivity contribution in [2.24, 2.45) is 12.0 Å². The number of fused-ring (bicyclic) bond motifs is 1. The Balaban J connectivity index is 1.42. The number of nitrogens with one attached hydrogen (secondary N) is 3. The van der Waals surface area contributed by atoms with Crippen LogP contribution >= 0.6 is 0 Å². The van der Waals surface area contributed by atoms with Crippen LogP contribution in [0.1, 0.15) is 22.8 Å². The van der Waals surface area contributed by atoms with Crippen molar-refractivity contribution in [2.45, 2.75) is 26.4 Å². The summed E-state index contributed by atoms with van der Waals surface area (Å²) in [5.41, 5.74) is 3.08. The molecular weight excluding hydrogens is 393 g/mol. The number of rotatable bonds is 7. The van der Waals surface area contributed by atoms with E-state index in [1.165, 1.54) is 12.1 Å². The summed E-state index contributed by atoms with van der Waals surface area (Å²) in [6.45, 7) is 3.69. The summed E-state index contributed by atoms with van der Waals surface area (Å²) in [5, 5.41) is 16.1. The number of hydrogen-bond donors (Lipinski definition) is 3. The molecule has 0 atom stereocenters. The molecule has 0 aliphatic heterocycles. The van der Waals surface area contributed by atoms with Crippen LogP contribution in [0.4, 0.5) is 4.39 Å². The van der Waals surface area contributed by atoms with Gasteiger partial charge in [-0.1, -0.05) is 30.3 Å². The molecule has 160 valence electrons. The Morgan fingerprint density at radius 2 is 1.97 bits per heavy atom. The molecule has 4 aromatic rings. The molecule has 0 amide bonds. The Labute approximate surface area is 180 Å². The lowest BCUT2D eigenvalue weighted by Crippen LogP contribution is -2.38. The third kappa shape index (κ3) is 5.09. The molecular formula is C23H26FN7. The van der Waals surface area contributed by atoms with Crippen molar-refractivity contribution < 1.29 is 4.39 Å². The number of hydrogen-bond acceptors (Lipinski definition) is 3. The van der Waals surface area contributed by atoms with Crippen LogP contribution in [0, 0.1) is 12.7 Å². The number of benzene rings is 2. The van der Waals surface area contributed by atoms with Crippen molar-refractivity contribution in [3.05, 3.63) is 83.3 Å². The maximum Gasteiger partial charge on any atom is 0.191 e. The van der Waals surface area contributed by atoms with Gasteiger partial charge < -0.3 is 20.2 Å². The van der Waals surface area contributed by atoms with Crippen LogP contribution < -0.4 is 10.6 Å². The molecule has 0 spiro atoms. The van der Waals surface area contributed by atoms with Gasteiger partial charge in [-0.25, -0.2) is 9.38 Å². The molecule has 2 aromatic carbocycles. The zero-order chi connectivity index (χ0) is 21.6. The monoisotopic (exact) mass is 419 g/mol. The minimum atomic E-state index is -0.238. The Morgan fingerprint density at radius 1 is 1.13 bits per heavy atom. The third-order valence-corrected chi connectivity index (χ3v) is 5.28. The molecule has 4 rings (SSSR count). The second-order valence-electron chi connectivity index (χ2n) is 7.41. The molecule has 0 saturated heterocycles. The van der Waals surface area contributed by atoms with Gasteiger partial charge in [-0.05, 0) is 42.7 Å². The smallest absolute Gasteiger partial charge is 0.191 e. The highest BCUT2D eigenvalue weighted by atomic mass is 19.1. The van der Waals surface area contributed by atoms with E-state index < -0.39 is 0 Å². The van der Waals surface area contributed by atoms with Gasteiger partial charge in [0.05, 0.1) is 13.1 Å². The maximum atomic E-state index is 13.4. The SMILES string of the molecule is Cc1nnc(CNC(=NCc2ccccc2)NCCc2c[nH]c3cc(F)ccc23)n1C. The third-order valence-electron chi connectivity index (χ3n) is 5.28. The summed E-state index contributed by atoms with van der Waals surface area (Å²) in [6, 6.07) is 14.9. The predicted octanol–water partition coefficient (Wildman–Crippen LogP) is 3.22. The van der Waals surface area contributed by atoms with E-state index >= 15 is 0 Å². The zero-order valence-corrected chi connectivity index (χ0v) is 17.7. The molecule has 8 heteroatoms. The van der Waals surface area contributed by atoms with Crippen LogP contribution in [0.25, 0.3) is 10.9 Å². The average Bonchev–Trinajstić information content (AvgIpc) is 3.33. The molecule has 0 saturated carbocycles. The molecule has 31 heavy (non-hydrogen) atoms. The van der Waals surface area contributed by atoms with Gasteiger partial charge in [-0.2, -0.15) is 0 Å². The zero-order valence-electron chi connectivity index (χ0n) is 17.7. The lowest BCUT2D eigenvalue weighted by atomic mass is 10.1. The molecule has 2 heterocycles. The van der Waals surface area contributed by atoms with Crippen LogP contribution in [0.2, 0.25) is 0 Å². The van der Waals surface area contributed by atoms with Crippen molar-refractivity contribution in [3.8, 4) is 0 Å². The van der Waals surface area contributed by atoms with Crippen LogP contribution in [0.3, 0.4) is 0 Å². The standard InChI is InChI=1S/C23H26FN7/c1-16-29-30-22(31(16)2)15-28-23(27-13-17-6-4-3-5-7-17)25-11-10-18-14-26-21-12-19(24)8-9-20(18)21/h3-9,12,14,26H,10-11,13,15H2,1-2H3,(H2,25,27,28). The highest BCUT2D eigenvalue weighted by Crippen LogP contribution is 2.19. The molecule has 0 radical (unpaired) electrons. The van der Waals surface area contributed by atoms with E-state index in [4.69, 9.17) is 4.99 Å². The molecule has 7 nitrogen and oxygen atoms in total.